The first-order valence-corrected chi connectivity index (χ1v) is 8.14. The summed E-state index contributed by atoms with van der Waals surface area (Å²) in [7, 11) is 0. The fourth-order valence-corrected chi connectivity index (χ4v) is 3.34. The van der Waals surface area contributed by atoms with Crippen LogP contribution in [0.25, 0.3) is 0 Å². The molecule has 1 fully saturated rings. The van der Waals surface area contributed by atoms with Crippen LogP contribution in [0.4, 0.5) is 0 Å². The molecule has 1 aromatic carbocycles. The first-order chi connectivity index (χ1) is 10.3. The molecule has 21 heavy (non-hydrogen) atoms. The fourth-order valence-electron chi connectivity index (χ4n) is 3.34. The Labute approximate surface area is 126 Å². The van der Waals surface area contributed by atoms with E-state index < -0.39 is 0 Å². The Hall–Kier alpha value is -1.39. The molecule has 2 heterocycles. The number of amides is 1. The summed E-state index contributed by atoms with van der Waals surface area (Å²) >= 11 is 0. The summed E-state index contributed by atoms with van der Waals surface area (Å²) in [6.45, 7) is 4.24. The molecule has 4 heteroatoms. The molecule has 4 nitrogen and oxygen atoms in total. The standard InChI is InChI=1S/C17H25N3O/c21-17(20-10-4-1-5-11-20)13-19-16-8-9-18-12-14-6-2-3-7-15(14)16/h2-3,6-7,16,18-19H,1,4-5,8-13H2. The summed E-state index contributed by atoms with van der Waals surface area (Å²) < 4.78 is 0. The Morgan fingerprint density at radius 3 is 2.90 bits per heavy atom. The third-order valence-corrected chi connectivity index (χ3v) is 4.56. The Morgan fingerprint density at radius 1 is 1.24 bits per heavy atom. The van der Waals surface area contributed by atoms with E-state index in [9.17, 15) is 4.79 Å². The minimum absolute atomic E-state index is 0.254. The molecule has 1 aromatic rings. The van der Waals surface area contributed by atoms with E-state index in [0.29, 0.717) is 6.54 Å². The van der Waals surface area contributed by atoms with Crippen LogP contribution in [-0.2, 0) is 11.3 Å². The van der Waals surface area contributed by atoms with Gasteiger partial charge in [-0.15, -0.1) is 0 Å². The van der Waals surface area contributed by atoms with Crippen molar-refractivity contribution in [2.45, 2.75) is 38.3 Å². The first kappa shape index (κ1) is 14.5. The molecule has 0 radical (unpaired) electrons. The molecule has 114 valence electrons. The lowest BCUT2D eigenvalue weighted by atomic mass is 9.99. The van der Waals surface area contributed by atoms with Crippen LogP contribution in [0.3, 0.4) is 0 Å². The van der Waals surface area contributed by atoms with Gasteiger partial charge in [-0.05, 0) is 43.4 Å². The van der Waals surface area contributed by atoms with E-state index in [-0.39, 0.29) is 11.9 Å². The van der Waals surface area contributed by atoms with Gasteiger partial charge in [0.2, 0.25) is 5.91 Å². The van der Waals surface area contributed by atoms with Crippen molar-refractivity contribution in [1.29, 1.82) is 0 Å². The highest BCUT2D eigenvalue weighted by atomic mass is 16.2. The van der Waals surface area contributed by atoms with Crippen molar-refractivity contribution in [3.63, 3.8) is 0 Å². The average Bonchev–Trinajstić information content (AvgIpc) is 2.76. The molecule has 1 atom stereocenters. The van der Waals surface area contributed by atoms with Crippen LogP contribution in [0, 0.1) is 0 Å². The van der Waals surface area contributed by atoms with Crippen molar-refractivity contribution >= 4 is 5.91 Å². The van der Waals surface area contributed by atoms with Crippen LogP contribution in [0.1, 0.15) is 42.9 Å². The molecule has 2 N–H and O–H groups in total. The van der Waals surface area contributed by atoms with Gasteiger partial charge in [0.15, 0.2) is 0 Å². The number of benzene rings is 1. The van der Waals surface area contributed by atoms with E-state index >= 15 is 0 Å². The van der Waals surface area contributed by atoms with Gasteiger partial charge in [-0.3, -0.25) is 4.79 Å². The highest BCUT2D eigenvalue weighted by molar-refractivity contribution is 5.78. The number of hydrogen-bond acceptors (Lipinski definition) is 3. The maximum atomic E-state index is 12.3. The van der Waals surface area contributed by atoms with Crippen LogP contribution in [-0.4, -0.2) is 37.0 Å². The van der Waals surface area contributed by atoms with Crippen LogP contribution in [0.15, 0.2) is 24.3 Å². The smallest absolute Gasteiger partial charge is 0.236 e. The Morgan fingerprint density at radius 2 is 2.05 bits per heavy atom. The SMILES string of the molecule is O=C(CNC1CCNCc2ccccc21)N1CCCCC1. The monoisotopic (exact) mass is 287 g/mol. The predicted molar refractivity (Wildman–Crippen MR) is 83.9 cm³/mol. The number of carbonyl (C=O) groups excluding carboxylic acids is 1. The Kier molecular flexibility index (Phi) is 4.88. The highest BCUT2D eigenvalue weighted by Crippen LogP contribution is 2.23. The van der Waals surface area contributed by atoms with Gasteiger partial charge >= 0.3 is 0 Å². The molecule has 1 saturated heterocycles. The second kappa shape index (κ2) is 7.05. The van der Waals surface area contributed by atoms with E-state index in [1.165, 1.54) is 17.5 Å². The van der Waals surface area contributed by atoms with E-state index in [2.05, 4.69) is 34.9 Å². The molecule has 1 amide bonds. The van der Waals surface area contributed by atoms with E-state index in [1.807, 2.05) is 4.90 Å². The molecule has 0 bridgehead atoms. The van der Waals surface area contributed by atoms with E-state index in [0.717, 1.165) is 45.4 Å². The highest BCUT2D eigenvalue weighted by Gasteiger charge is 2.21. The van der Waals surface area contributed by atoms with Gasteiger partial charge in [0.1, 0.15) is 0 Å². The van der Waals surface area contributed by atoms with Crippen LogP contribution < -0.4 is 10.6 Å². The molecule has 2 aliphatic rings. The summed E-state index contributed by atoms with van der Waals surface area (Å²) in [6.07, 6.45) is 4.60. The number of hydrogen-bond donors (Lipinski definition) is 2. The fraction of sp³-hybridized carbons (Fsp3) is 0.588. The number of piperidine rings is 1. The third kappa shape index (κ3) is 3.63. The zero-order valence-corrected chi connectivity index (χ0v) is 12.6. The molecule has 0 saturated carbocycles. The summed E-state index contributed by atoms with van der Waals surface area (Å²) in [5.74, 6) is 0.254. The van der Waals surface area contributed by atoms with Gasteiger partial charge in [0.25, 0.3) is 0 Å². The normalized spacial score (nSPS) is 22.5. The van der Waals surface area contributed by atoms with Gasteiger partial charge in [-0.2, -0.15) is 0 Å². The molecule has 0 aromatic heterocycles. The zero-order chi connectivity index (χ0) is 14.5. The second-order valence-corrected chi connectivity index (χ2v) is 6.04. The van der Waals surface area contributed by atoms with Gasteiger partial charge < -0.3 is 15.5 Å². The minimum atomic E-state index is 0.254. The molecule has 2 aliphatic heterocycles. The lowest BCUT2D eigenvalue weighted by Gasteiger charge is -2.28. The lowest BCUT2D eigenvalue weighted by Crippen LogP contribution is -2.42. The van der Waals surface area contributed by atoms with Crippen molar-refractivity contribution < 1.29 is 4.79 Å². The topological polar surface area (TPSA) is 44.4 Å². The maximum Gasteiger partial charge on any atom is 0.236 e. The van der Waals surface area contributed by atoms with Crippen molar-refractivity contribution in [3.8, 4) is 0 Å². The number of carbonyl (C=O) groups is 1. The molecule has 0 aliphatic carbocycles. The molecule has 0 spiro atoms. The van der Waals surface area contributed by atoms with E-state index in [1.54, 1.807) is 0 Å². The predicted octanol–water partition coefficient (Wildman–Crippen LogP) is 1.82. The molecule has 3 rings (SSSR count). The summed E-state index contributed by atoms with van der Waals surface area (Å²) in [5.41, 5.74) is 2.69. The quantitative estimate of drug-likeness (QED) is 0.891. The van der Waals surface area contributed by atoms with Crippen molar-refractivity contribution in [3.05, 3.63) is 35.4 Å². The van der Waals surface area contributed by atoms with Crippen LogP contribution >= 0.6 is 0 Å². The molecular formula is C17H25N3O. The van der Waals surface area contributed by atoms with Gasteiger partial charge in [-0.25, -0.2) is 0 Å². The van der Waals surface area contributed by atoms with Crippen LogP contribution in [0.5, 0.6) is 0 Å². The third-order valence-electron chi connectivity index (χ3n) is 4.56. The van der Waals surface area contributed by atoms with Crippen molar-refractivity contribution in [2.24, 2.45) is 0 Å². The largest absolute Gasteiger partial charge is 0.342 e. The Bertz CT molecular complexity index is 483. The van der Waals surface area contributed by atoms with E-state index in [4.69, 9.17) is 0 Å². The second-order valence-electron chi connectivity index (χ2n) is 6.04. The molecule has 1 unspecified atom stereocenters. The lowest BCUT2D eigenvalue weighted by molar-refractivity contribution is -0.131. The Balaban J connectivity index is 1.60. The van der Waals surface area contributed by atoms with Gasteiger partial charge in [0, 0.05) is 25.7 Å². The molecular weight excluding hydrogens is 262 g/mol. The van der Waals surface area contributed by atoms with Gasteiger partial charge in [0.05, 0.1) is 6.54 Å². The number of rotatable bonds is 3. The summed E-state index contributed by atoms with van der Waals surface area (Å²) in [6, 6.07) is 8.82. The average molecular weight is 287 g/mol. The van der Waals surface area contributed by atoms with Crippen LogP contribution in [0.2, 0.25) is 0 Å². The number of likely N-dealkylation sites (tertiary alicyclic amines) is 1. The minimum Gasteiger partial charge on any atom is -0.342 e. The summed E-state index contributed by atoms with van der Waals surface area (Å²) in [5, 5.41) is 6.93. The van der Waals surface area contributed by atoms with Crippen molar-refractivity contribution in [1.82, 2.24) is 15.5 Å². The zero-order valence-electron chi connectivity index (χ0n) is 12.6. The van der Waals surface area contributed by atoms with Crippen molar-refractivity contribution in [2.75, 3.05) is 26.2 Å². The summed E-state index contributed by atoms with van der Waals surface area (Å²) in [4.78, 5) is 14.3. The first-order valence-electron chi connectivity index (χ1n) is 8.14. The maximum absolute atomic E-state index is 12.3. The van der Waals surface area contributed by atoms with Gasteiger partial charge in [-0.1, -0.05) is 24.3 Å². The number of nitrogens with zero attached hydrogens (tertiary/aromatic N) is 1. The number of nitrogens with one attached hydrogen (secondary N) is 2. The number of fused-ring (bicyclic) bond motifs is 1.